The lowest BCUT2D eigenvalue weighted by Crippen LogP contribution is -2.41. The van der Waals surface area contributed by atoms with Crippen molar-refractivity contribution in [1.29, 1.82) is 0 Å². The fraction of sp³-hybridized carbons (Fsp3) is 0.684. The third-order valence-electron chi connectivity index (χ3n) is 4.81. The molecule has 0 atom stereocenters. The number of esters is 2. The molecule has 0 N–H and O–H groups in total. The number of hydrogen-bond acceptors (Lipinski definition) is 5. The van der Waals surface area contributed by atoms with Gasteiger partial charge in [-0.15, -0.1) is 0 Å². The van der Waals surface area contributed by atoms with Crippen LogP contribution in [-0.4, -0.2) is 44.6 Å². The Balaban J connectivity index is 2.94. The van der Waals surface area contributed by atoms with E-state index in [4.69, 9.17) is 25.5 Å². The molecule has 0 aliphatic rings. The van der Waals surface area contributed by atoms with Gasteiger partial charge in [-0.05, 0) is 44.5 Å². The second-order valence-electron chi connectivity index (χ2n) is 7.79. The second-order valence-corrected chi connectivity index (χ2v) is 13.0. The largest absolute Gasteiger partial charge is 0.462 e. The summed E-state index contributed by atoms with van der Waals surface area (Å²) in [5.74, 6) is -1.07. The topological polar surface area (TPSA) is 66.8 Å². The van der Waals surface area contributed by atoms with Gasteiger partial charge in [0.1, 0.15) is 10.8 Å². The Morgan fingerprint density at radius 3 is 2.19 bits per heavy atom. The molecule has 1 rings (SSSR count). The van der Waals surface area contributed by atoms with E-state index < -0.39 is 20.3 Å². The average Bonchev–Trinajstić information content (AvgIpc) is 2.88. The first-order chi connectivity index (χ1) is 12.5. The van der Waals surface area contributed by atoms with Crippen LogP contribution in [0.4, 0.5) is 0 Å². The minimum Gasteiger partial charge on any atom is -0.462 e. The van der Waals surface area contributed by atoms with Crippen LogP contribution in [0.1, 0.15) is 61.9 Å². The lowest BCUT2D eigenvalue weighted by atomic mass is 10.2. The highest BCUT2D eigenvalue weighted by Gasteiger charge is 2.36. The van der Waals surface area contributed by atoms with Gasteiger partial charge < -0.3 is 18.5 Å². The van der Waals surface area contributed by atoms with Crippen LogP contribution in [0.15, 0.2) is 6.07 Å². The molecule has 1 aromatic heterocycles. The maximum absolute atomic E-state index is 12.3. The Morgan fingerprint density at radius 2 is 1.67 bits per heavy atom. The summed E-state index contributed by atoms with van der Waals surface area (Å²) in [4.78, 5) is 24.3. The molecular formula is C19H32ClNO5Si. The van der Waals surface area contributed by atoms with Gasteiger partial charge in [-0.1, -0.05) is 32.4 Å². The highest BCUT2D eigenvalue weighted by molar-refractivity contribution is 6.74. The third-order valence-corrected chi connectivity index (χ3v) is 9.75. The van der Waals surface area contributed by atoms with E-state index in [1.807, 2.05) is 0 Å². The molecule has 8 heteroatoms. The van der Waals surface area contributed by atoms with Crippen LogP contribution in [0.25, 0.3) is 0 Å². The Hall–Kier alpha value is -1.31. The number of ether oxygens (including phenoxy) is 2. The zero-order chi connectivity index (χ0) is 20.8. The lowest BCUT2D eigenvalue weighted by molar-refractivity contribution is 0.0511. The summed E-state index contributed by atoms with van der Waals surface area (Å²) in [6, 6.07) is 1.44. The minimum atomic E-state index is -1.84. The fourth-order valence-electron chi connectivity index (χ4n) is 2.24. The van der Waals surface area contributed by atoms with E-state index in [1.165, 1.54) is 6.07 Å². The third kappa shape index (κ3) is 6.09. The normalized spacial score (nSPS) is 12.1. The lowest BCUT2D eigenvalue weighted by Gasteiger charge is -2.36. The van der Waals surface area contributed by atoms with E-state index in [-0.39, 0.29) is 34.7 Å². The van der Waals surface area contributed by atoms with E-state index in [9.17, 15) is 9.59 Å². The van der Waals surface area contributed by atoms with Crippen LogP contribution in [-0.2, 0) is 20.4 Å². The van der Waals surface area contributed by atoms with E-state index >= 15 is 0 Å². The molecule has 0 unspecified atom stereocenters. The van der Waals surface area contributed by atoms with E-state index in [1.54, 1.807) is 18.4 Å². The quantitative estimate of drug-likeness (QED) is 0.324. The standard InChI is InChI=1S/C19H32ClNO5Si/c1-8-24-17(22)14-13-15(18(23)25-9-2)21(16(14)20)11-10-12-26-27(6,7)19(3,4)5/h13H,8-12H2,1-7H3. The van der Waals surface area contributed by atoms with Crippen molar-refractivity contribution >= 4 is 31.9 Å². The van der Waals surface area contributed by atoms with Crippen LogP contribution in [0.2, 0.25) is 23.3 Å². The summed E-state index contributed by atoms with van der Waals surface area (Å²) in [6.45, 7) is 15.9. The average molecular weight is 418 g/mol. The van der Waals surface area contributed by atoms with Crippen LogP contribution >= 0.6 is 11.6 Å². The van der Waals surface area contributed by atoms with Crippen molar-refractivity contribution in [2.45, 2.75) is 65.7 Å². The van der Waals surface area contributed by atoms with Gasteiger partial charge in [0.2, 0.25) is 0 Å². The predicted molar refractivity (Wildman–Crippen MR) is 109 cm³/mol. The van der Waals surface area contributed by atoms with Gasteiger partial charge in [0.25, 0.3) is 0 Å². The van der Waals surface area contributed by atoms with Crippen molar-refractivity contribution in [1.82, 2.24) is 4.57 Å². The number of halogens is 1. The summed E-state index contributed by atoms with van der Waals surface area (Å²) >= 11 is 6.37. The molecule has 0 radical (unpaired) electrons. The van der Waals surface area contributed by atoms with Crippen molar-refractivity contribution in [2.24, 2.45) is 0 Å². The summed E-state index contributed by atoms with van der Waals surface area (Å²) in [5, 5.41) is 0.314. The van der Waals surface area contributed by atoms with Crippen molar-refractivity contribution in [3.8, 4) is 0 Å². The molecule has 6 nitrogen and oxygen atoms in total. The molecule has 0 aromatic carbocycles. The molecule has 0 saturated carbocycles. The van der Waals surface area contributed by atoms with Crippen LogP contribution in [0.3, 0.4) is 0 Å². The zero-order valence-electron chi connectivity index (χ0n) is 17.5. The SMILES string of the molecule is CCOC(=O)c1cc(C(=O)OCC)n(CCCO[Si](C)(C)C(C)(C)C)c1Cl. The van der Waals surface area contributed by atoms with Crippen molar-refractivity contribution < 1.29 is 23.5 Å². The smallest absolute Gasteiger partial charge is 0.355 e. The number of nitrogens with zero attached hydrogens (tertiary/aromatic N) is 1. The summed E-state index contributed by atoms with van der Waals surface area (Å²) < 4.78 is 17.9. The summed E-state index contributed by atoms with van der Waals surface area (Å²) in [5.41, 5.74) is 0.420. The van der Waals surface area contributed by atoms with Crippen molar-refractivity contribution in [2.75, 3.05) is 19.8 Å². The number of carbonyl (C=O) groups is 2. The Labute approximate surface area is 168 Å². The van der Waals surface area contributed by atoms with Gasteiger partial charge in [-0.25, -0.2) is 9.59 Å². The molecule has 0 spiro atoms. The molecule has 27 heavy (non-hydrogen) atoms. The summed E-state index contributed by atoms with van der Waals surface area (Å²) in [7, 11) is -1.84. The molecule has 0 saturated heterocycles. The molecule has 0 bridgehead atoms. The Bertz CT molecular complexity index is 664. The first kappa shape index (κ1) is 23.7. The fourth-order valence-corrected chi connectivity index (χ4v) is 3.63. The maximum Gasteiger partial charge on any atom is 0.355 e. The Kier molecular flexibility index (Phi) is 8.57. The molecule has 1 aromatic rings. The second kappa shape index (κ2) is 9.75. The first-order valence-electron chi connectivity index (χ1n) is 9.33. The highest BCUT2D eigenvalue weighted by atomic mass is 35.5. The maximum atomic E-state index is 12.3. The number of hydrogen-bond donors (Lipinski definition) is 0. The van der Waals surface area contributed by atoms with Gasteiger partial charge in [0, 0.05) is 13.2 Å². The van der Waals surface area contributed by atoms with Crippen molar-refractivity contribution in [3.63, 3.8) is 0 Å². The van der Waals surface area contributed by atoms with Crippen LogP contribution in [0.5, 0.6) is 0 Å². The van der Waals surface area contributed by atoms with E-state index in [2.05, 4.69) is 33.9 Å². The van der Waals surface area contributed by atoms with Gasteiger partial charge in [-0.3, -0.25) is 0 Å². The van der Waals surface area contributed by atoms with Gasteiger partial charge in [0.15, 0.2) is 8.32 Å². The minimum absolute atomic E-state index is 0.130. The van der Waals surface area contributed by atoms with Gasteiger partial charge in [0.05, 0.1) is 18.8 Å². The highest BCUT2D eigenvalue weighted by Crippen LogP contribution is 2.36. The number of aromatic nitrogens is 1. The number of carbonyl (C=O) groups excluding carboxylic acids is 2. The molecule has 0 amide bonds. The Morgan fingerprint density at radius 1 is 1.11 bits per heavy atom. The summed E-state index contributed by atoms with van der Waals surface area (Å²) in [6.07, 6.45) is 0.662. The molecule has 0 aliphatic carbocycles. The molecule has 154 valence electrons. The molecule has 0 fully saturated rings. The molecular weight excluding hydrogens is 386 g/mol. The zero-order valence-corrected chi connectivity index (χ0v) is 19.2. The van der Waals surface area contributed by atoms with Crippen LogP contribution < -0.4 is 0 Å². The van der Waals surface area contributed by atoms with E-state index in [0.29, 0.717) is 19.6 Å². The monoisotopic (exact) mass is 417 g/mol. The van der Waals surface area contributed by atoms with Gasteiger partial charge >= 0.3 is 11.9 Å². The number of rotatable bonds is 9. The van der Waals surface area contributed by atoms with Crippen molar-refractivity contribution in [3.05, 3.63) is 22.5 Å². The van der Waals surface area contributed by atoms with E-state index in [0.717, 1.165) is 0 Å². The van der Waals surface area contributed by atoms with Gasteiger partial charge in [-0.2, -0.15) is 0 Å². The molecule has 0 aliphatic heterocycles. The first-order valence-corrected chi connectivity index (χ1v) is 12.6. The molecule has 1 heterocycles. The predicted octanol–water partition coefficient (Wildman–Crippen LogP) is 4.91. The van der Waals surface area contributed by atoms with Crippen LogP contribution in [0, 0.1) is 0 Å².